The second-order valence-electron chi connectivity index (χ2n) is 1.68. The van der Waals surface area contributed by atoms with Gasteiger partial charge in [-0.05, 0) is 12.1 Å². The van der Waals surface area contributed by atoms with Crippen LogP contribution >= 0.6 is 0 Å². The van der Waals surface area contributed by atoms with Crippen molar-refractivity contribution in [1.29, 1.82) is 0 Å². The molecule has 1 aromatic carbocycles. The van der Waals surface area contributed by atoms with E-state index in [0.29, 0.717) is 11.8 Å². The third kappa shape index (κ3) is 1.86. The second-order valence-corrected chi connectivity index (χ2v) is 1.68. The third-order valence-corrected chi connectivity index (χ3v) is 1.06. The molecule has 0 aliphatic carbocycles. The average molecular weight is 181 g/mol. The Morgan fingerprint density at radius 3 is 2.30 bits per heavy atom. The first-order chi connectivity index (χ1) is 4.34. The van der Waals surface area contributed by atoms with E-state index in [9.17, 15) is 4.79 Å². The van der Waals surface area contributed by atoms with Gasteiger partial charge in [-0.15, -0.1) is 0 Å². The molecule has 3 heteroatoms. The van der Waals surface area contributed by atoms with Crippen LogP contribution in [-0.2, 0) is 16.8 Å². The number of aromatic hydroxyl groups is 1. The van der Waals surface area contributed by atoms with Crippen LogP contribution in [0.15, 0.2) is 24.3 Å². The Labute approximate surface area is 69.1 Å². The first kappa shape index (κ1) is 9.20. The minimum atomic E-state index is 0. The van der Waals surface area contributed by atoms with Crippen molar-refractivity contribution in [2.45, 2.75) is 0 Å². The number of hydrogen-bond donors (Lipinski definition) is 1. The molecule has 10 heavy (non-hydrogen) atoms. The SMILES string of the molecule is O=Cc1ccccc1O.[Co+2]. The zero-order valence-electron chi connectivity index (χ0n) is 5.08. The maximum Gasteiger partial charge on any atom is 2.00 e. The molecule has 0 atom stereocenters. The molecule has 1 rings (SSSR count). The number of carbonyl (C=O) groups excluding carboxylic acids is 1. The van der Waals surface area contributed by atoms with Crippen molar-refractivity contribution in [3.63, 3.8) is 0 Å². The molecule has 1 radical (unpaired) electrons. The van der Waals surface area contributed by atoms with Crippen molar-refractivity contribution in [3.8, 4) is 5.75 Å². The number of rotatable bonds is 1. The summed E-state index contributed by atoms with van der Waals surface area (Å²) in [7, 11) is 0. The van der Waals surface area contributed by atoms with E-state index in [1.165, 1.54) is 6.07 Å². The topological polar surface area (TPSA) is 37.3 Å². The Morgan fingerprint density at radius 2 is 1.90 bits per heavy atom. The van der Waals surface area contributed by atoms with Gasteiger partial charge in [-0.25, -0.2) is 0 Å². The summed E-state index contributed by atoms with van der Waals surface area (Å²) in [6.45, 7) is 0. The molecule has 0 unspecified atom stereocenters. The van der Waals surface area contributed by atoms with Crippen molar-refractivity contribution in [1.82, 2.24) is 0 Å². The van der Waals surface area contributed by atoms with Crippen LogP contribution in [0.4, 0.5) is 0 Å². The summed E-state index contributed by atoms with van der Waals surface area (Å²) in [6.07, 6.45) is 0.620. The van der Waals surface area contributed by atoms with Crippen molar-refractivity contribution in [2.24, 2.45) is 0 Å². The molecule has 0 amide bonds. The van der Waals surface area contributed by atoms with Crippen LogP contribution in [0.1, 0.15) is 10.4 Å². The van der Waals surface area contributed by atoms with Crippen LogP contribution in [-0.4, -0.2) is 11.4 Å². The average Bonchev–Trinajstić information content (AvgIpc) is 1.89. The number of hydrogen-bond acceptors (Lipinski definition) is 2. The van der Waals surface area contributed by atoms with Crippen molar-refractivity contribution in [3.05, 3.63) is 29.8 Å². The smallest absolute Gasteiger partial charge is 0.507 e. The Bertz CT molecular complexity index is 223. The van der Waals surface area contributed by atoms with Crippen molar-refractivity contribution in [2.75, 3.05) is 0 Å². The van der Waals surface area contributed by atoms with Crippen LogP contribution in [0.2, 0.25) is 0 Å². The van der Waals surface area contributed by atoms with Crippen LogP contribution in [0.25, 0.3) is 0 Å². The molecule has 0 aromatic heterocycles. The second kappa shape index (κ2) is 4.08. The van der Waals surface area contributed by atoms with Crippen LogP contribution in [0.5, 0.6) is 5.75 Å². The van der Waals surface area contributed by atoms with Crippen LogP contribution in [0, 0.1) is 0 Å². The summed E-state index contributed by atoms with van der Waals surface area (Å²) >= 11 is 0. The number of benzene rings is 1. The molecule has 0 saturated carbocycles. The number of phenols is 1. The van der Waals surface area contributed by atoms with Gasteiger partial charge in [-0.2, -0.15) is 0 Å². The van der Waals surface area contributed by atoms with Gasteiger partial charge < -0.3 is 5.11 Å². The molecule has 0 aliphatic heterocycles. The Hall–Kier alpha value is -0.804. The number of carbonyl (C=O) groups is 1. The zero-order valence-corrected chi connectivity index (χ0v) is 6.12. The summed E-state index contributed by atoms with van der Waals surface area (Å²) in [5.41, 5.74) is 0.331. The van der Waals surface area contributed by atoms with Gasteiger partial charge in [-0.3, -0.25) is 4.79 Å². The van der Waals surface area contributed by atoms with E-state index in [2.05, 4.69) is 0 Å². The van der Waals surface area contributed by atoms with E-state index < -0.39 is 0 Å². The van der Waals surface area contributed by atoms with E-state index in [1.54, 1.807) is 18.2 Å². The fourth-order valence-corrected chi connectivity index (χ4v) is 0.587. The minimum absolute atomic E-state index is 0. The first-order valence-electron chi connectivity index (χ1n) is 2.58. The van der Waals surface area contributed by atoms with Gasteiger partial charge >= 0.3 is 16.8 Å². The van der Waals surface area contributed by atoms with Gasteiger partial charge in [0.15, 0.2) is 6.29 Å². The standard InChI is InChI=1S/C7H6O2.Co/c8-5-6-3-1-2-4-7(6)9;/h1-5,9H;/q;+2. The largest absolute Gasteiger partial charge is 2.00 e. The molecule has 0 fully saturated rings. The van der Waals surface area contributed by atoms with E-state index in [1.807, 2.05) is 0 Å². The van der Waals surface area contributed by atoms with Gasteiger partial charge in [0.2, 0.25) is 0 Å². The molecule has 0 bridgehead atoms. The molecular formula is C7H6CoO2+2. The molecule has 1 N–H and O–H groups in total. The summed E-state index contributed by atoms with van der Waals surface area (Å²) < 4.78 is 0. The van der Waals surface area contributed by atoms with Crippen LogP contribution in [0.3, 0.4) is 0 Å². The molecule has 0 saturated heterocycles. The number of para-hydroxylation sites is 1. The normalized spacial score (nSPS) is 8.00. The Morgan fingerprint density at radius 1 is 1.30 bits per heavy atom. The minimum Gasteiger partial charge on any atom is -0.507 e. The van der Waals surface area contributed by atoms with E-state index in [4.69, 9.17) is 5.11 Å². The van der Waals surface area contributed by atoms with Gasteiger partial charge in [-0.1, -0.05) is 12.1 Å². The predicted octanol–water partition coefficient (Wildman–Crippen LogP) is 1.20. The Kier molecular flexibility index (Phi) is 3.75. The van der Waals surface area contributed by atoms with Crippen molar-refractivity contribution >= 4 is 6.29 Å². The molecule has 0 heterocycles. The van der Waals surface area contributed by atoms with E-state index >= 15 is 0 Å². The fraction of sp³-hybridized carbons (Fsp3) is 0. The maximum absolute atomic E-state index is 10.1. The zero-order chi connectivity index (χ0) is 6.69. The quantitative estimate of drug-likeness (QED) is 0.661. The molecule has 53 valence electrons. The summed E-state index contributed by atoms with van der Waals surface area (Å²) in [6, 6.07) is 6.40. The maximum atomic E-state index is 10.1. The first-order valence-corrected chi connectivity index (χ1v) is 2.58. The molecule has 2 nitrogen and oxygen atoms in total. The number of aldehydes is 1. The molecular weight excluding hydrogens is 175 g/mol. The van der Waals surface area contributed by atoms with Gasteiger partial charge in [0, 0.05) is 0 Å². The predicted molar refractivity (Wildman–Crippen MR) is 33.5 cm³/mol. The third-order valence-electron chi connectivity index (χ3n) is 1.06. The van der Waals surface area contributed by atoms with E-state index in [-0.39, 0.29) is 22.5 Å². The van der Waals surface area contributed by atoms with Crippen molar-refractivity contribution < 1.29 is 26.7 Å². The molecule has 0 spiro atoms. The monoisotopic (exact) mass is 181 g/mol. The number of phenolic OH excluding ortho intramolecular Hbond substituents is 1. The summed E-state index contributed by atoms with van der Waals surface area (Å²) in [5, 5.41) is 8.88. The summed E-state index contributed by atoms with van der Waals surface area (Å²) in [4.78, 5) is 10.1. The molecule has 1 aromatic rings. The Balaban J connectivity index is 0.000000810. The van der Waals surface area contributed by atoms with Gasteiger partial charge in [0.05, 0.1) is 5.56 Å². The fourth-order valence-electron chi connectivity index (χ4n) is 0.587. The summed E-state index contributed by atoms with van der Waals surface area (Å²) in [5.74, 6) is 0.0347. The van der Waals surface area contributed by atoms with E-state index in [0.717, 1.165) is 0 Å². The molecule has 0 aliphatic rings. The van der Waals surface area contributed by atoms with Gasteiger partial charge in [0.25, 0.3) is 0 Å². The van der Waals surface area contributed by atoms with Crippen LogP contribution < -0.4 is 0 Å². The van der Waals surface area contributed by atoms with Gasteiger partial charge in [0.1, 0.15) is 5.75 Å².